The summed E-state index contributed by atoms with van der Waals surface area (Å²) in [5, 5.41) is 0. The van der Waals surface area contributed by atoms with Crippen LogP contribution in [0.2, 0.25) is 0 Å². The van der Waals surface area contributed by atoms with Gasteiger partial charge >= 0.3 is 0 Å². The minimum atomic E-state index is -0.330. The quantitative estimate of drug-likeness (QED) is 0.465. The van der Waals surface area contributed by atoms with Gasteiger partial charge in [-0.3, -0.25) is 19.3 Å². The Morgan fingerprint density at radius 3 is 2.07 bits per heavy atom. The highest BCUT2D eigenvalue weighted by Crippen LogP contribution is 2.34. The van der Waals surface area contributed by atoms with E-state index in [1.54, 1.807) is 36.4 Å². The van der Waals surface area contributed by atoms with E-state index in [0.29, 0.717) is 39.6 Å². The van der Waals surface area contributed by atoms with Gasteiger partial charge in [-0.15, -0.1) is 0 Å². The first-order valence-electron chi connectivity index (χ1n) is 9.34. The smallest absolute Gasteiger partial charge is 0.261 e. The van der Waals surface area contributed by atoms with E-state index in [1.165, 1.54) is 19.1 Å². The largest absolute Gasteiger partial charge is 0.493 e. The summed E-state index contributed by atoms with van der Waals surface area (Å²) >= 11 is 0. The number of nitrogens with zero attached hydrogens (tertiary/aromatic N) is 2. The highest BCUT2D eigenvalue weighted by atomic mass is 16.5. The number of rotatable bonds is 6. The van der Waals surface area contributed by atoms with E-state index >= 15 is 0 Å². The topological polar surface area (TPSA) is 77.8 Å². The first-order chi connectivity index (χ1) is 14.5. The average Bonchev–Trinajstić information content (AvgIpc) is 3.25. The molecule has 1 aliphatic rings. The molecule has 0 N–H and O–H groups in total. The highest BCUT2D eigenvalue weighted by molar-refractivity contribution is 6.21. The lowest BCUT2D eigenvalue weighted by atomic mass is 10.1. The molecule has 7 nitrogen and oxygen atoms in total. The maximum Gasteiger partial charge on any atom is 0.261 e. The number of hydrogen-bond acceptors (Lipinski definition) is 5. The summed E-state index contributed by atoms with van der Waals surface area (Å²) in [4.78, 5) is 38.6. The average molecular weight is 404 g/mol. The zero-order valence-corrected chi connectivity index (χ0v) is 16.8. The minimum absolute atomic E-state index is 0.0762. The van der Waals surface area contributed by atoms with Crippen molar-refractivity contribution in [1.82, 2.24) is 9.47 Å². The van der Waals surface area contributed by atoms with Gasteiger partial charge in [0.15, 0.2) is 17.8 Å². The molecule has 0 unspecified atom stereocenters. The normalized spacial score (nSPS) is 12.8. The van der Waals surface area contributed by atoms with E-state index in [-0.39, 0.29) is 18.4 Å². The Balaban J connectivity index is 1.78. The molecule has 0 fully saturated rings. The number of carbonyl (C=O) groups is 3. The third kappa shape index (κ3) is 2.95. The maximum absolute atomic E-state index is 12.8. The predicted molar refractivity (Wildman–Crippen MR) is 110 cm³/mol. The number of hydrogen-bond donors (Lipinski definition) is 0. The van der Waals surface area contributed by atoms with Gasteiger partial charge in [0.05, 0.1) is 37.6 Å². The standard InChI is InChI=1S/C23H20N2O5/c1-14-8-9-16(12-24-22(27)17-6-4-5-7-18(17)23(24)28)25(14)19-11-21(30-3)20(29-2)10-15(19)13-26/h4-11,13H,12H2,1-3H3. The van der Waals surface area contributed by atoms with E-state index < -0.39 is 0 Å². The first kappa shape index (κ1) is 19.4. The van der Waals surface area contributed by atoms with Crippen LogP contribution in [0.5, 0.6) is 11.5 Å². The zero-order chi connectivity index (χ0) is 21.4. The number of carbonyl (C=O) groups excluding carboxylic acids is 3. The monoisotopic (exact) mass is 404 g/mol. The number of fused-ring (bicyclic) bond motifs is 1. The Morgan fingerprint density at radius 2 is 1.50 bits per heavy atom. The number of amides is 2. The molecule has 4 rings (SSSR count). The summed E-state index contributed by atoms with van der Waals surface area (Å²) in [6, 6.07) is 13.8. The van der Waals surface area contributed by atoms with Crippen LogP contribution in [0, 0.1) is 6.92 Å². The van der Waals surface area contributed by atoms with Crippen LogP contribution in [-0.4, -0.2) is 41.8 Å². The molecule has 0 saturated heterocycles. The Hall–Kier alpha value is -3.87. The zero-order valence-electron chi connectivity index (χ0n) is 16.8. The molecule has 0 atom stereocenters. The van der Waals surface area contributed by atoms with Crippen molar-refractivity contribution >= 4 is 18.1 Å². The molecule has 0 bridgehead atoms. The van der Waals surface area contributed by atoms with Crippen LogP contribution in [0.4, 0.5) is 0 Å². The Labute approximate surface area is 173 Å². The Kier molecular flexibility index (Phi) is 4.87. The fourth-order valence-corrected chi connectivity index (χ4v) is 3.78. The lowest BCUT2D eigenvalue weighted by molar-refractivity contribution is 0.0639. The number of benzene rings is 2. The van der Waals surface area contributed by atoms with Crippen LogP contribution in [0.25, 0.3) is 5.69 Å². The second-order valence-electron chi connectivity index (χ2n) is 6.93. The van der Waals surface area contributed by atoms with Gasteiger partial charge in [0, 0.05) is 23.0 Å². The van der Waals surface area contributed by atoms with Gasteiger partial charge in [0.1, 0.15) is 0 Å². The van der Waals surface area contributed by atoms with Gasteiger partial charge in [0.2, 0.25) is 0 Å². The van der Waals surface area contributed by atoms with Crippen molar-refractivity contribution in [2.75, 3.05) is 14.2 Å². The molecular formula is C23H20N2O5. The Bertz CT molecular complexity index is 1140. The van der Waals surface area contributed by atoms with Crippen LogP contribution in [-0.2, 0) is 6.54 Å². The van der Waals surface area contributed by atoms with E-state index in [1.807, 2.05) is 23.6 Å². The predicted octanol–water partition coefficient (Wildman–Crippen LogP) is 3.41. The van der Waals surface area contributed by atoms with E-state index in [2.05, 4.69) is 0 Å². The maximum atomic E-state index is 12.8. The van der Waals surface area contributed by atoms with Crippen LogP contribution in [0.15, 0.2) is 48.5 Å². The molecule has 2 heterocycles. The summed E-state index contributed by atoms with van der Waals surface area (Å²) < 4.78 is 12.5. The number of methoxy groups -OCH3 is 2. The molecule has 152 valence electrons. The molecule has 1 aromatic heterocycles. The molecule has 3 aromatic rings. The van der Waals surface area contributed by atoms with Crippen molar-refractivity contribution in [2.45, 2.75) is 13.5 Å². The lowest BCUT2D eigenvalue weighted by Gasteiger charge is -2.19. The molecular weight excluding hydrogens is 384 g/mol. The van der Waals surface area contributed by atoms with E-state index in [4.69, 9.17) is 9.47 Å². The van der Waals surface area contributed by atoms with Gasteiger partial charge in [-0.05, 0) is 37.3 Å². The van der Waals surface area contributed by atoms with Crippen molar-refractivity contribution in [2.24, 2.45) is 0 Å². The summed E-state index contributed by atoms with van der Waals surface area (Å²) in [5.41, 5.74) is 3.32. The first-order valence-corrected chi connectivity index (χ1v) is 9.34. The van der Waals surface area contributed by atoms with Gasteiger partial charge in [-0.25, -0.2) is 0 Å². The molecule has 1 aliphatic heterocycles. The summed E-state index contributed by atoms with van der Waals surface area (Å²) in [7, 11) is 3.02. The van der Waals surface area contributed by atoms with Crippen molar-refractivity contribution in [3.63, 3.8) is 0 Å². The van der Waals surface area contributed by atoms with Crippen molar-refractivity contribution < 1.29 is 23.9 Å². The molecule has 0 spiro atoms. The number of aldehydes is 1. The molecule has 0 saturated carbocycles. The molecule has 2 amide bonds. The number of imide groups is 1. The highest BCUT2D eigenvalue weighted by Gasteiger charge is 2.35. The van der Waals surface area contributed by atoms with Crippen LogP contribution >= 0.6 is 0 Å². The number of ether oxygens (including phenoxy) is 2. The van der Waals surface area contributed by atoms with Crippen molar-refractivity contribution in [1.29, 1.82) is 0 Å². The SMILES string of the molecule is COc1cc(C=O)c(-n2c(C)ccc2CN2C(=O)c3ccccc3C2=O)cc1OC. The van der Waals surface area contributed by atoms with Gasteiger partial charge in [0.25, 0.3) is 11.8 Å². The second kappa shape index (κ2) is 7.51. The Morgan fingerprint density at radius 1 is 0.900 bits per heavy atom. The van der Waals surface area contributed by atoms with Crippen molar-refractivity contribution in [3.05, 3.63) is 76.6 Å². The third-order valence-corrected chi connectivity index (χ3v) is 5.26. The van der Waals surface area contributed by atoms with Crippen LogP contribution in [0.1, 0.15) is 42.5 Å². The minimum Gasteiger partial charge on any atom is -0.493 e. The molecule has 0 aliphatic carbocycles. The number of aryl methyl sites for hydroxylation is 1. The molecule has 7 heteroatoms. The van der Waals surface area contributed by atoms with E-state index in [0.717, 1.165) is 12.0 Å². The molecule has 30 heavy (non-hydrogen) atoms. The lowest BCUT2D eigenvalue weighted by Crippen LogP contribution is -2.30. The second-order valence-corrected chi connectivity index (χ2v) is 6.93. The molecule has 2 aromatic carbocycles. The fraction of sp³-hybridized carbons (Fsp3) is 0.174. The number of aromatic nitrogens is 1. The van der Waals surface area contributed by atoms with Crippen molar-refractivity contribution in [3.8, 4) is 17.2 Å². The van der Waals surface area contributed by atoms with Gasteiger partial charge < -0.3 is 14.0 Å². The fourth-order valence-electron chi connectivity index (χ4n) is 3.78. The van der Waals surface area contributed by atoms with Gasteiger partial charge in [-0.1, -0.05) is 12.1 Å². The van der Waals surface area contributed by atoms with E-state index in [9.17, 15) is 14.4 Å². The summed E-state index contributed by atoms with van der Waals surface area (Å²) in [6.45, 7) is 1.96. The summed E-state index contributed by atoms with van der Waals surface area (Å²) in [6.07, 6.45) is 0.739. The van der Waals surface area contributed by atoms with Crippen LogP contribution in [0.3, 0.4) is 0 Å². The van der Waals surface area contributed by atoms with Gasteiger partial charge in [-0.2, -0.15) is 0 Å². The third-order valence-electron chi connectivity index (χ3n) is 5.26. The van der Waals surface area contributed by atoms with Crippen LogP contribution < -0.4 is 9.47 Å². The summed E-state index contributed by atoms with van der Waals surface area (Å²) in [5.74, 6) is 0.251. The molecule has 0 radical (unpaired) electrons.